The fourth-order valence-corrected chi connectivity index (χ4v) is 5.74. The number of nitrogens with one attached hydrogen (secondary N) is 1. The molecule has 1 aromatic carbocycles. The molecule has 2 heterocycles. The largest absolute Gasteiger partial charge is 0.322 e. The number of hydrogen-bond acceptors (Lipinski definition) is 5. The molecule has 0 saturated heterocycles. The van der Waals surface area contributed by atoms with Gasteiger partial charge >= 0.3 is 0 Å². The molecule has 0 unspecified atom stereocenters. The smallest absolute Gasteiger partial charge is 0.238 e. The minimum absolute atomic E-state index is 0.0926. The van der Waals surface area contributed by atoms with E-state index in [-0.39, 0.29) is 11.2 Å². The number of benzene rings is 1. The Bertz CT molecular complexity index is 1080. The first-order chi connectivity index (χ1) is 13.6. The summed E-state index contributed by atoms with van der Waals surface area (Å²) in [6, 6.07) is 10.3. The number of fused-ring (bicyclic) bond motifs is 2. The van der Waals surface area contributed by atoms with Crippen molar-refractivity contribution in [1.29, 1.82) is 5.26 Å². The lowest BCUT2D eigenvalue weighted by Gasteiger charge is -2.11. The summed E-state index contributed by atoms with van der Waals surface area (Å²) >= 11 is 3.01. The second-order valence-corrected chi connectivity index (χ2v) is 9.48. The number of carbonyl (C=O) groups excluding carboxylic acids is 1. The van der Waals surface area contributed by atoms with Gasteiger partial charge < -0.3 is 9.88 Å². The van der Waals surface area contributed by atoms with Crippen molar-refractivity contribution in [3.05, 3.63) is 40.3 Å². The van der Waals surface area contributed by atoms with E-state index in [4.69, 9.17) is 0 Å². The molecule has 0 spiro atoms. The fraction of sp³-hybridized carbons (Fsp3) is 0.381. The van der Waals surface area contributed by atoms with Crippen molar-refractivity contribution in [2.24, 2.45) is 7.05 Å². The van der Waals surface area contributed by atoms with Crippen LogP contribution in [-0.2, 0) is 24.7 Å². The van der Waals surface area contributed by atoms with Crippen LogP contribution < -0.4 is 5.32 Å². The lowest BCUT2D eigenvalue weighted by atomic mass is 10.1. The number of nitriles is 1. The third-order valence-corrected chi connectivity index (χ3v) is 7.52. The summed E-state index contributed by atoms with van der Waals surface area (Å²) in [5.74, 6) is -0.0926. The number of aromatic nitrogens is 2. The number of thioether (sulfide) groups is 1. The van der Waals surface area contributed by atoms with Gasteiger partial charge in [-0.1, -0.05) is 30.3 Å². The molecule has 4 rings (SSSR count). The van der Waals surface area contributed by atoms with Gasteiger partial charge in [0.2, 0.25) is 5.91 Å². The number of thiophene rings is 1. The number of anilines is 1. The maximum atomic E-state index is 12.8. The Morgan fingerprint density at radius 2 is 2.11 bits per heavy atom. The number of imidazole rings is 1. The van der Waals surface area contributed by atoms with Gasteiger partial charge in [0.05, 0.1) is 21.8 Å². The minimum atomic E-state index is -0.316. The molecule has 0 aliphatic heterocycles. The van der Waals surface area contributed by atoms with E-state index < -0.39 is 0 Å². The molecule has 1 aliphatic rings. The van der Waals surface area contributed by atoms with Crippen molar-refractivity contribution in [2.45, 2.75) is 49.4 Å². The SMILES string of the molecule is C[C@@H](Sc1nc2ccccc2n1C)C(=O)Nc1sc2c(c1C#N)CCCCC2. The first-order valence-electron chi connectivity index (χ1n) is 9.52. The predicted molar refractivity (Wildman–Crippen MR) is 115 cm³/mol. The zero-order chi connectivity index (χ0) is 19.7. The van der Waals surface area contributed by atoms with Crippen LogP contribution in [0.15, 0.2) is 29.4 Å². The number of para-hydroxylation sites is 2. The molecule has 1 atom stereocenters. The molecule has 0 saturated carbocycles. The van der Waals surface area contributed by atoms with Gasteiger partial charge in [-0.2, -0.15) is 5.26 Å². The number of amides is 1. The van der Waals surface area contributed by atoms with Crippen molar-refractivity contribution >= 4 is 45.0 Å². The van der Waals surface area contributed by atoms with E-state index >= 15 is 0 Å². The molecule has 0 radical (unpaired) electrons. The van der Waals surface area contributed by atoms with Gasteiger partial charge in [-0.05, 0) is 50.3 Å². The highest BCUT2D eigenvalue weighted by Crippen LogP contribution is 2.37. The van der Waals surface area contributed by atoms with E-state index in [1.807, 2.05) is 42.8 Å². The minimum Gasteiger partial charge on any atom is -0.322 e. The topological polar surface area (TPSA) is 70.7 Å². The Kier molecular flexibility index (Phi) is 5.42. The molecule has 2 aromatic heterocycles. The van der Waals surface area contributed by atoms with Crippen LogP contribution in [-0.4, -0.2) is 20.7 Å². The highest BCUT2D eigenvalue weighted by Gasteiger charge is 2.24. The number of rotatable bonds is 4. The predicted octanol–water partition coefficient (Wildman–Crippen LogP) is 4.89. The molecule has 7 heteroatoms. The summed E-state index contributed by atoms with van der Waals surface area (Å²) in [5.41, 5.74) is 3.78. The maximum Gasteiger partial charge on any atom is 0.238 e. The molecule has 0 bridgehead atoms. The summed E-state index contributed by atoms with van der Waals surface area (Å²) in [5, 5.41) is 13.9. The third-order valence-electron chi connectivity index (χ3n) is 5.17. The quantitative estimate of drug-likeness (QED) is 0.491. The van der Waals surface area contributed by atoms with E-state index in [1.165, 1.54) is 23.1 Å². The zero-order valence-electron chi connectivity index (χ0n) is 16.0. The van der Waals surface area contributed by atoms with Gasteiger partial charge in [0.1, 0.15) is 11.1 Å². The molecule has 144 valence electrons. The highest BCUT2D eigenvalue weighted by atomic mass is 32.2. The summed E-state index contributed by atoms with van der Waals surface area (Å²) in [6.45, 7) is 1.88. The molecule has 1 aliphatic carbocycles. The van der Waals surface area contributed by atoms with E-state index in [2.05, 4.69) is 16.4 Å². The number of carbonyl (C=O) groups is 1. The molecule has 3 aromatic rings. The molecule has 5 nitrogen and oxygen atoms in total. The van der Waals surface area contributed by atoms with Crippen LogP contribution in [0.25, 0.3) is 11.0 Å². The molecular formula is C21H22N4OS2. The van der Waals surface area contributed by atoms with Crippen molar-refractivity contribution in [1.82, 2.24) is 9.55 Å². The zero-order valence-corrected chi connectivity index (χ0v) is 17.6. The van der Waals surface area contributed by atoms with E-state index in [9.17, 15) is 10.1 Å². The first kappa shape index (κ1) is 19.0. The van der Waals surface area contributed by atoms with Gasteiger partial charge in [0.15, 0.2) is 5.16 Å². The summed E-state index contributed by atoms with van der Waals surface area (Å²) in [7, 11) is 1.96. The van der Waals surface area contributed by atoms with Gasteiger partial charge in [0, 0.05) is 11.9 Å². The fourth-order valence-electron chi connectivity index (χ4n) is 3.60. The maximum absolute atomic E-state index is 12.8. The lowest BCUT2D eigenvalue weighted by Crippen LogP contribution is -2.22. The normalized spacial score (nSPS) is 14.9. The van der Waals surface area contributed by atoms with Crippen molar-refractivity contribution < 1.29 is 4.79 Å². The van der Waals surface area contributed by atoms with Crippen LogP contribution in [0.5, 0.6) is 0 Å². The average molecular weight is 411 g/mol. The van der Waals surface area contributed by atoms with Crippen LogP contribution in [0.2, 0.25) is 0 Å². The number of nitrogens with zero attached hydrogens (tertiary/aromatic N) is 3. The first-order valence-corrected chi connectivity index (χ1v) is 11.2. The van der Waals surface area contributed by atoms with Crippen LogP contribution in [0.1, 0.15) is 42.2 Å². The summed E-state index contributed by atoms with van der Waals surface area (Å²) in [6.07, 6.45) is 5.43. The van der Waals surface area contributed by atoms with E-state index in [1.54, 1.807) is 11.3 Å². The van der Waals surface area contributed by atoms with Crippen LogP contribution in [0.3, 0.4) is 0 Å². The van der Waals surface area contributed by atoms with Crippen molar-refractivity contribution in [3.8, 4) is 6.07 Å². The molecule has 1 N–H and O–H groups in total. The van der Waals surface area contributed by atoms with E-state index in [0.29, 0.717) is 10.6 Å². The molecule has 28 heavy (non-hydrogen) atoms. The molecule has 0 fully saturated rings. The third kappa shape index (κ3) is 3.54. The highest BCUT2D eigenvalue weighted by molar-refractivity contribution is 8.00. The van der Waals surface area contributed by atoms with E-state index in [0.717, 1.165) is 47.4 Å². The van der Waals surface area contributed by atoms with Crippen molar-refractivity contribution in [2.75, 3.05) is 5.32 Å². The standard InChI is InChI=1S/C21H22N4OS2/c1-13(27-21-23-16-9-6-7-10-17(16)25(21)2)19(26)24-20-15(12-22)14-8-4-3-5-11-18(14)28-20/h6-7,9-10,13H,3-5,8,11H2,1-2H3,(H,24,26)/t13-/m1/s1. The Morgan fingerprint density at radius 1 is 1.32 bits per heavy atom. The number of aryl methyl sites for hydroxylation is 2. The Morgan fingerprint density at radius 3 is 2.89 bits per heavy atom. The second kappa shape index (κ2) is 7.98. The second-order valence-electron chi connectivity index (χ2n) is 7.07. The molecular weight excluding hydrogens is 388 g/mol. The van der Waals surface area contributed by atoms with Gasteiger partial charge in [-0.15, -0.1) is 11.3 Å². The average Bonchev–Trinajstić information content (AvgIpc) is 3.08. The van der Waals surface area contributed by atoms with Gasteiger partial charge in [-0.25, -0.2) is 4.98 Å². The van der Waals surface area contributed by atoms with Gasteiger partial charge in [-0.3, -0.25) is 4.79 Å². The van der Waals surface area contributed by atoms with Crippen LogP contribution in [0.4, 0.5) is 5.00 Å². The summed E-state index contributed by atoms with van der Waals surface area (Å²) in [4.78, 5) is 18.7. The Hall–Kier alpha value is -2.30. The Labute approximate surface area is 172 Å². The van der Waals surface area contributed by atoms with Crippen LogP contribution >= 0.6 is 23.1 Å². The lowest BCUT2D eigenvalue weighted by molar-refractivity contribution is -0.115. The summed E-state index contributed by atoms with van der Waals surface area (Å²) < 4.78 is 2.01. The Balaban J connectivity index is 1.52. The van der Waals surface area contributed by atoms with Gasteiger partial charge in [0.25, 0.3) is 0 Å². The molecule has 1 amide bonds. The van der Waals surface area contributed by atoms with Crippen LogP contribution in [0, 0.1) is 11.3 Å². The van der Waals surface area contributed by atoms with Crippen molar-refractivity contribution in [3.63, 3.8) is 0 Å². The number of hydrogen-bond donors (Lipinski definition) is 1. The monoisotopic (exact) mass is 410 g/mol.